The Morgan fingerprint density at radius 2 is 1.43 bits per heavy atom. The van der Waals surface area contributed by atoms with Crippen molar-refractivity contribution in [3.63, 3.8) is 0 Å². The van der Waals surface area contributed by atoms with Gasteiger partial charge in [-0.05, 0) is 56.0 Å². The Hall–Kier alpha value is -4.86. The number of fused-ring (bicyclic) bond motifs is 3. The highest BCUT2D eigenvalue weighted by atomic mass is 79.9. The summed E-state index contributed by atoms with van der Waals surface area (Å²) in [6.07, 6.45) is 9.77. The lowest BCUT2D eigenvalue weighted by atomic mass is 9.81. The number of hydrogen-bond donors (Lipinski definition) is 2. The van der Waals surface area contributed by atoms with Crippen molar-refractivity contribution < 1.29 is 35.6 Å². The summed E-state index contributed by atoms with van der Waals surface area (Å²) in [5.74, 6) is -0.327. The third kappa shape index (κ3) is 9.39. The summed E-state index contributed by atoms with van der Waals surface area (Å²) < 4.78 is 3.30. The van der Waals surface area contributed by atoms with E-state index in [1.165, 1.54) is 30.2 Å². The van der Waals surface area contributed by atoms with Gasteiger partial charge in [0, 0.05) is 66.6 Å². The van der Waals surface area contributed by atoms with Gasteiger partial charge in [0.15, 0.2) is 17.8 Å². The maximum absolute atomic E-state index is 13.5. The molecule has 1 aromatic heterocycles. The minimum Gasteiger partial charge on any atom is -1.00 e. The number of hydrogen-bond acceptors (Lipinski definition) is 6. The number of carbonyl (C=O) groups excluding carboxylic acids is 2. The van der Waals surface area contributed by atoms with Gasteiger partial charge in [0.05, 0.1) is 55.6 Å². The molecule has 9 heteroatoms. The molecule has 278 valence electrons. The van der Waals surface area contributed by atoms with Crippen molar-refractivity contribution in [2.45, 2.75) is 53.0 Å². The summed E-state index contributed by atoms with van der Waals surface area (Å²) in [5, 5.41) is 11.3. The molecule has 4 aromatic carbocycles. The van der Waals surface area contributed by atoms with Gasteiger partial charge in [0.1, 0.15) is 6.54 Å². The van der Waals surface area contributed by atoms with Gasteiger partial charge in [-0.25, -0.2) is 0 Å². The molecule has 8 nitrogen and oxygen atoms in total. The number of ketones is 2. The number of pyridine rings is 1. The normalized spacial score (nSPS) is 12.2. The van der Waals surface area contributed by atoms with E-state index >= 15 is 0 Å². The zero-order chi connectivity index (χ0) is 36.0. The second-order valence-corrected chi connectivity index (χ2v) is 14.3. The Balaban J connectivity index is 0.00000314. The second kappa shape index (κ2) is 18.3. The topological polar surface area (TPSA) is 91.7 Å². The van der Waals surface area contributed by atoms with Gasteiger partial charge in [-0.1, -0.05) is 62.0 Å². The maximum atomic E-state index is 13.5. The van der Waals surface area contributed by atoms with Crippen LogP contribution < -0.4 is 37.6 Å². The van der Waals surface area contributed by atoms with Gasteiger partial charge in [0.2, 0.25) is 5.52 Å². The first-order valence-electron chi connectivity index (χ1n) is 18.1. The molecule has 53 heavy (non-hydrogen) atoms. The molecule has 5 aromatic rings. The zero-order valence-corrected chi connectivity index (χ0v) is 32.3. The van der Waals surface area contributed by atoms with Crippen LogP contribution >= 0.6 is 0 Å². The number of nitrogens with zero attached hydrogens (tertiary/aromatic N) is 4. The van der Waals surface area contributed by atoms with E-state index in [4.69, 9.17) is 10.8 Å². The van der Waals surface area contributed by atoms with E-state index in [-0.39, 0.29) is 36.0 Å². The number of para-hydroxylation sites is 2. The van der Waals surface area contributed by atoms with Crippen LogP contribution in [0.25, 0.3) is 10.9 Å². The van der Waals surface area contributed by atoms with Crippen molar-refractivity contribution in [1.82, 2.24) is 0 Å². The number of benzene rings is 4. The van der Waals surface area contributed by atoms with Crippen LogP contribution in [-0.4, -0.2) is 63.0 Å². The van der Waals surface area contributed by atoms with Gasteiger partial charge in [-0.2, -0.15) is 9.67 Å². The van der Waals surface area contributed by atoms with Crippen LogP contribution in [0.1, 0.15) is 82.5 Å². The number of quaternary nitrogens is 1. The first-order valence-corrected chi connectivity index (χ1v) is 18.1. The predicted octanol–water partition coefficient (Wildman–Crippen LogP) is 5.04. The number of aromatic nitrogens is 1. The fourth-order valence-corrected chi connectivity index (χ4v) is 7.09. The number of carbonyl (C=O) groups is 2. The van der Waals surface area contributed by atoms with E-state index in [9.17, 15) is 9.59 Å². The maximum Gasteiger partial charge on any atom is 0.213 e. The third-order valence-corrected chi connectivity index (χ3v) is 10.1. The van der Waals surface area contributed by atoms with Crippen molar-refractivity contribution in [3.8, 4) is 0 Å². The van der Waals surface area contributed by atoms with Crippen LogP contribution in [0.4, 0.5) is 17.1 Å². The monoisotopic (exact) mass is 777 g/mol. The summed E-state index contributed by atoms with van der Waals surface area (Å²) in [6, 6.07) is 29.8. The van der Waals surface area contributed by atoms with E-state index in [2.05, 4.69) is 72.6 Å². The number of unbranched alkanes of at least 4 members (excludes halogenated alkanes) is 3. The van der Waals surface area contributed by atoms with E-state index in [0.717, 1.165) is 53.8 Å². The molecule has 1 aliphatic carbocycles. The smallest absolute Gasteiger partial charge is 0.213 e. The van der Waals surface area contributed by atoms with Crippen molar-refractivity contribution in [1.29, 1.82) is 0 Å². The largest absolute Gasteiger partial charge is 1.00 e. The van der Waals surface area contributed by atoms with Crippen LogP contribution in [0.3, 0.4) is 0 Å². The summed E-state index contributed by atoms with van der Waals surface area (Å²) >= 11 is 0. The van der Waals surface area contributed by atoms with Crippen molar-refractivity contribution in [2.24, 2.45) is 5.10 Å². The van der Waals surface area contributed by atoms with Gasteiger partial charge in [0.25, 0.3) is 0 Å². The predicted molar refractivity (Wildman–Crippen MR) is 216 cm³/mol. The average Bonchev–Trinajstić information content (AvgIpc) is 3.14. The summed E-state index contributed by atoms with van der Waals surface area (Å²) in [7, 11) is 6.55. The summed E-state index contributed by atoms with van der Waals surface area (Å²) in [4.78, 5) is 26.9. The first-order chi connectivity index (χ1) is 24.6. The lowest BCUT2D eigenvalue weighted by Crippen LogP contribution is -3.00. The van der Waals surface area contributed by atoms with Gasteiger partial charge in [-0.15, -0.1) is 0 Å². The number of halogens is 1. The number of aryl methyl sites for hydroxylation is 2. The molecule has 6 rings (SSSR count). The molecule has 0 radical (unpaired) electrons. The Morgan fingerprint density at radius 3 is 2.17 bits per heavy atom. The molecule has 0 amide bonds. The molecule has 3 N–H and O–H groups in total. The van der Waals surface area contributed by atoms with Crippen LogP contribution in [0.15, 0.2) is 102 Å². The molecule has 0 aliphatic heterocycles. The van der Waals surface area contributed by atoms with Crippen molar-refractivity contribution in [2.75, 3.05) is 56.8 Å². The Kier molecular flexibility index (Phi) is 14.1. The van der Waals surface area contributed by atoms with E-state index < -0.39 is 0 Å². The number of nitrogens with two attached hydrogens (primary N) is 1. The van der Waals surface area contributed by atoms with E-state index in [1.54, 1.807) is 24.3 Å². The van der Waals surface area contributed by atoms with Crippen LogP contribution in [-0.2, 0) is 6.54 Å². The molecule has 0 unspecified atom stereocenters. The highest BCUT2D eigenvalue weighted by Crippen LogP contribution is 2.37. The molecule has 0 saturated carbocycles. The fraction of sp³-hybridized carbons (Fsp3) is 0.318. The number of rotatable bonds is 15. The van der Waals surface area contributed by atoms with E-state index in [0.29, 0.717) is 40.2 Å². The molecule has 1 heterocycles. The molecule has 0 bridgehead atoms. The molecule has 0 saturated heterocycles. The summed E-state index contributed by atoms with van der Waals surface area (Å²) in [5.41, 5.74) is 13.2. The van der Waals surface area contributed by atoms with Gasteiger partial charge < -0.3 is 32.5 Å². The highest BCUT2D eigenvalue weighted by molar-refractivity contribution is 6.32. The Bertz CT molecular complexity index is 2080. The van der Waals surface area contributed by atoms with Crippen LogP contribution in [0.2, 0.25) is 0 Å². The number of nitrogen functional groups attached to an aromatic ring is 1. The number of hydrazone groups is 1. The molecular weight excluding hydrogens is 724 g/mol. The molecule has 0 fully saturated rings. The highest BCUT2D eigenvalue weighted by Gasteiger charge is 2.34. The van der Waals surface area contributed by atoms with Crippen LogP contribution in [0.5, 0.6) is 0 Å². The zero-order valence-electron chi connectivity index (χ0n) is 30.7. The Morgan fingerprint density at radius 1 is 0.811 bits per heavy atom. The standard InChI is InChI=1S/C43H49N6O2.CH4.BrH/c1-31-29-37(39-40(41(31)44)43(51)36-21-11-10-20-35(36)42(39)50)45-24-16-28-49(3,4)27-15-6-5-14-25-48-26-23-32(34-19-12-13-22-38(34)48)30-46-47(2)33-17-8-7-9-18-33;;/h7-13,17-23,26,29-30,44,46H,5-6,14-16,24-25,27-28H2,1-4H3;1H4;1H/q+1;;. The third-order valence-electron chi connectivity index (χ3n) is 10.1. The van der Waals surface area contributed by atoms with Crippen LogP contribution in [0, 0.1) is 6.92 Å². The molecular formula is C44H54BrN6O2+. The summed E-state index contributed by atoms with van der Waals surface area (Å²) in [6.45, 7) is 5.71. The van der Waals surface area contributed by atoms with Crippen molar-refractivity contribution >= 4 is 45.7 Å². The quantitative estimate of drug-likeness (QED) is 0.0381. The van der Waals surface area contributed by atoms with E-state index in [1.807, 2.05) is 49.5 Å². The minimum absolute atomic E-state index is 0. The number of anilines is 3. The first kappa shape index (κ1) is 40.9. The Labute approximate surface area is 325 Å². The minimum atomic E-state index is -0.180. The molecule has 0 spiro atoms. The lowest BCUT2D eigenvalue weighted by Gasteiger charge is -2.30. The lowest BCUT2D eigenvalue weighted by molar-refractivity contribution is -0.890. The van der Waals surface area contributed by atoms with Gasteiger partial charge >= 0.3 is 0 Å². The average molecular weight is 779 g/mol. The van der Waals surface area contributed by atoms with Crippen molar-refractivity contribution in [3.05, 3.63) is 131 Å². The second-order valence-electron chi connectivity index (χ2n) is 14.3. The molecule has 0 atom stereocenters. The SMILES string of the molecule is C.Cc1cc(NCCC[N+](C)(C)CCCCCC[n+]2ccc(/C=N/N(C)c3ccccc3)c3ccccc32)c2c(c1N)C(=O)c1ccccc1C2=O.[Br-]. The number of nitrogens with one attached hydrogen (secondary N) is 1. The molecule has 1 aliphatic rings. The fourth-order valence-electron chi connectivity index (χ4n) is 7.09. The van der Waals surface area contributed by atoms with Gasteiger partial charge in [-0.3, -0.25) is 14.6 Å².